The number of nitrogens with one attached hydrogen (secondary N) is 1. The second-order valence-corrected chi connectivity index (χ2v) is 4.74. The summed E-state index contributed by atoms with van der Waals surface area (Å²) in [6, 6.07) is 6.35. The third-order valence-corrected chi connectivity index (χ3v) is 3.64. The summed E-state index contributed by atoms with van der Waals surface area (Å²) in [4.78, 5) is 0. The lowest BCUT2D eigenvalue weighted by Gasteiger charge is -2.12. The minimum Gasteiger partial charge on any atom is -0.497 e. The molecule has 1 fully saturated rings. The Balaban J connectivity index is 2.25. The summed E-state index contributed by atoms with van der Waals surface area (Å²) in [5.41, 5.74) is 1.46. The van der Waals surface area contributed by atoms with Crippen molar-refractivity contribution in [1.82, 2.24) is 5.32 Å². The zero-order chi connectivity index (χ0) is 9.97. The number of halogens is 1. The second kappa shape index (κ2) is 4.49. The molecule has 1 aromatic carbocycles. The zero-order valence-electron chi connectivity index (χ0n) is 8.22. The van der Waals surface area contributed by atoms with E-state index in [0.29, 0.717) is 5.92 Å². The molecule has 76 valence electrons. The summed E-state index contributed by atoms with van der Waals surface area (Å²) in [6.07, 6.45) is 1.25. The van der Waals surface area contributed by atoms with E-state index in [4.69, 9.17) is 4.74 Å². The largest absolute Gasteiger partial charge is 0.497 e. The molecule has 0 spiro atoms. The maximum Gasteiger partial charge on any atom is 0.119 e. The monoisotopic (exact) mass is 303 g/mol. The third kappa shape index (κ3) is 2.03. The van der Waals surface area contributed by atoms with Crippen molar-refractivity contribution in [2.24, 2.45) is 0 Å². The Labute approximate surface area is 98.2 Å². The maximum atomic E-state index is 5.19. The van der Waals surface area contributed by atoms with Crippen molar-refractivity contribution in [2.45, 2.75) is 12.3 Å². The highest BCUT2D eigenvalue weighted by Crippen LogP contribution is 2.29. The highest BCUT2D eigenvalue weighted by Gasteiger charge is 2.18. The lowest BCUT2D eigenvalue weighted by molar-refractivity contribution is 0.414. The second-order valence-electron chi connectivity index (χ2n) is 3.58. The first kappa shape index (κ1) is 10.2. The molecule has 1 aliphatic rings. The molecular weight excluding hydrogens is 289 g/mol. The molecule has 1 atom stereocenters. The van der Waals surface area contributed by atoms with Crippen molar-refractivity contribution in [3.63, 3.8) is 0 Å². The molecule has 0 radical (unpaired) electrons. The average molecular weight is 303 g/mol. The maximum absolute atomic E-state index is 5.19. The highest BCUT2D eigenvalue weighted by atomic mass is 127. The number of hydrogen-bond acceptors (Lipinski definition) is 2. The van der Waals surface area contributed by atoms with Crippen LogP contribution in [0.4, 0.5) is 0 Å². The van der Waals surface area contributed by atoms with Crippen molar-refractivity contribution >= 4 is 22.6 Å². The van der Waals surface area contributed by atoms with Crippen molar-refractivity contribution in [2.75, 3.05) is 20.2 Å². The van der Waals surface area contributed by atoms with Gasteiger partial charge in [-0.15, -0.1) is 0 Å². The van der Waals surface area contributed by atoms with Crippen molar-refractivity contribution in [3.05, 3.63) is 27.3 Å². The third-order valence-electron chi connectivity index (χ3n) is 2.71. The predicted molar refractivity (Wildman–Crippen MR) is 65.9 cm³/mol. The van der Waals surface area contributed by atoms with Gasteiger partial charge in [-0.3, -0.25) is 0 Å². The van der Waals surface area contributed by atoms with Gasteiger partial charge in [0, 0.05) is 10.1 Å². The van der Waals surface area contributed by atoms with Gasteiger partial charge in [-0.1, -0.05) is 6.07 Å². The van der Waals surface area contributed by atoms with E-state index < -0.39 is 0 Å². The fraction of sp³-hybridized carbons (Fsp3) is 0.455. The van der Waals surface area contributed by atoms with E-state index in [1.165, 1.54) is 15.6 Å². The molecule has 2 rings (SSSR count). The molecule has 14 heavy (non-hydrogen) atoms. The van der Waals surface area contributed by atoms with Gasteiger partial charge >= 0.3 is 0 Å². The van der Waals surface area contributed by atoms with E-state index in [2.05, 4.69) is 46.1 Å². The van der Waals surface area contributed by atoms with E-state index in [0.717, 1.165) is 18.8 Å². The Morgan fingerprint density at radius 3 is 2.93 bits per heavy atom. The summed E-state index contributed by atoms with van der Waals surface area (Å²) < 4.78 is 6.51. The smallest absolute Gasteiger partial charge is 0.119 e. The van der Waals surface area contributed by atoms with E-state index in [1.54, 1.807) is 7.11 Å². The molecule has 1 aromatic rings. The SMILES string of the molecule is COc1ccc(C2CCNC2)c(I)c1. The number of ether oxygens (including phenoxy) is 1. The number of hydrogen-bond donors (Lipinski definition) is 1. The van der Waals surface area contributed by atoms with Crippen LogP contribution in [0.1, 0.15) is 17.9 Å². The molecule has 0 saturated carbocycles. The van der Waals surface area contributed by atoms with Gasteiger partial charge in [0.15, 0.2) is 0 Å². The van der Waals surface area contributed by atoms with Crippen LogP contribution < -0.4 is 10.1 Å². The molecule has 1 unspecified atom stereocenters. The molecule has 1 saturated heterocycles. The molecule has 1 N–H and O–H groups in total. The predicted octanol–water partition coefficient (Wildman–Crippen LogP) is 2.38. The van der Waals surface area contributed by atoms with Crippen LogP contribution in [-0.2, 0) is 0 Å². The van der Waals surface area contributed by atoms with Gasteiger partial charge in [-0.25, -0.2) is 0 Å². The first-order chi connectivity index (χ1) is 6.81. The number of benzene rings is 1. The minimum atomic E-state index is 0.688. The quantitative estimate of drug-likeness (QED) is 0.847. The van der Waals surface area contributed by atoms with Gasteiger partial charge in [0.1, 0.15) is 5.75 Å². The van der Waals surface area contributed by atoms with Crippen LogP contribution in [0.3, 0.4) is 0 Å². The molecule has 3 heteroatoms. The van der Waals surface area contributed by atoms with Gasteiger partial charge in [0.2, 0.25) is 0 Å². The molecular formula is C11H14INO. The molecule has 2 nitrogen and oxygen atoms in total. The average Bonchev–Trinajstić information content (AvgIpc) is 2.70. The first-order valence-electron chi connectivity index (χ1n) is 4.85. The minimum absolute atomic E-state index is 0.688. The van der Waals surface area contributed by atoms with Crippen LogP contribution in [-0.4, -0.2) is 20.2 Å². The van der Waals surface area contributed by atoms with Crippen LogP contribution in [0.15, 0.2) is 18.2 Å². The first-order valence-corrected chi connectivity index (χ1v) is 5.93. The van der Waals surface area contributed by atoms with Gasteiger partial charge in [-0.05, 0) is 59.2 Å². The Hall–Kier alpha value is -0.290. The van der Waals surface area contributed by atoms with Gasteiger partial charge in [-0.2, -0.15) is 0 Å². The molecule has 0 aromatic heterocycles. The van der Waals surface area contributed by atoms with Crippen LogP contribution in [0.25, 0.3) is 0 Å². The Kier molecular flexibility index (Phi) is 3.28. The van der Waals surface area contributed by atoms with Crippen LogP contribution in [0.5, 0.6) is 5.75 Å². The van der Waals surface area contributed by atoms with Crippen LogP contribution in [0.2, 0.25) is 0 Å². The summed E-state index contributed by atoms with van der Waals surface area (Å²) in [5.74, 6) is 1.64. The zero-order valence-corrected chi connectivity index (χ0v) is 10.4. The standard InChI is InChI=1S/C11H14INO/c1-14-9-2-3-10(11(12)6-9)8-4-5-13-7-8/h2-3,6,8,13H,4-5,7H2,1H3. The Bertz CT molecular complexity index is 321. The van der Waals surface area contributed by atoms with Crippen molar-refractivity contribution in [1.29, 1.82) is 0 Å². The van der Waals surface area contributed by atoms with Gasteiger partial charge in [0.05, 0.1) is 7.11 Å². The van der Waals surface area contributed by atoms with E-state index in [1.807, 2.05) is 0 Å². The lowest BCUT2D eigenvalue weighted by atomic mass is 9.98. The summed E-state index contributed by atoms with van der Waals surface area (Å²) in [7, 11) is 1.71. The van der Waals surface area contributed by atoms with E-state index in [9.17, 15) is 0 Å². The highest BCUT2D eigenvalue weighted by molar-refractivity contribution is 14.1. The van der Waals surface area contributed by atoms with Crippen LogP contribution in [0, 0.1) is 3.57 Å². The normalized spacial score (nSPS) is 21.1. The van der Waals surface area contributed by atoms with E-state index in [-0.39, 0.29) is 0 Å². The molecule has 1 heterocycles. The topological polar surface area (TPSA) is 21.3 Å². The fourth-order valence-electron chi connectivity index (χ4n) is 1.89. The summed E-state index contributed by atoms with van der Waals surface area (Å²) in [5, 5.41) is 3.39. The number of methoxy groups -OCH3 is 1. The summed E-state index contributed by atoms with van der Waals surface area (Å²) in [6.45, 7) is 2.26. The molecule has 0 aliphatic carbocycles. The van der Waals surface area contributed by atoms with Gasteiger partial charge in [0.25, 0.3) is 0 Å². The van der Waals surface area contributed by atoms with E-state index >= 15 is 0 Å². The molecule has 0 bridgehead atoms. The van der Waals surface area contributed by atoms with Crippen LogP contribution >= 0.6 is 22.6 Å². The molecule has 1 aliphatic heterocycles. The lowest BCUT2D eigenvalue weighted by Crippen LogP contribution is -2.08. The Morgan fingerprint density at radius 1 is 1.50 bits per heavy atom. The molecule has 0 amide bonds. The Morgan fingerprint density at radius 2 is 2.36 bits per heavy atom. The number of rotatable bonds is 2. The van der Waals surface area contributed by atoms with Crippen molar-refractivity contribution < 1.29 is 4.74 Å². The summed E-state index contributed by atoms with van der Waals surface area (Å²) >= 11 is 2.39. The van der Waals surface area contributed by atoms with Crippen molar-refractivity contribution in [3.8, 4) is 5.75 Å². The van der Waals surface area contributed by atoms with Gasteiger partial charge < -0.3 is 10.1 Å². The fourth-order valence-corrected chi connectivity index (χ4v) is 2.81.